The van der Waals surface area contributed by atoms with Crippen LogP contribution < -0.4 is 9.47 Å². The summed E-state index contributed by atoms with van der Waals surface area (Å²) >= 11 is 0. The number of aromatic amines is 1. The SMILES string of the molecule is Cc1ccc(-c2nc3cc4c(cc3[nH]2)OCCO4)cc1F. The van der Waals surface area contributed by atoms with E-state index in [0.29, 0.717) is 41.7 Å². The number of fused-ring (bicyclic) bond motifs is 2. The Balaban J connectivity index is 1.84. The summed E-state index contributed by atoms with van der Waals surface area (Å²) in [4.78, 5) is 7.70. The number of hydrogen-bond donors (Lipinski definition) is 1. The van der Waals surface area contributed by atoms with Crippen molar-refractivity contribution in [3.8, 4) is 22.9 Å². The standard InChI is InChI=1S/C16H13FN2O2/c1-9-2-3-10(6-11(9)17)16-18-12-7-14-15(8-13(12)19-16)21-5-4-20-14/h2-3,6-8H,4-5H2,1H3,(H,18,19). The summed E-state index contributed by atoms with van der Waals surface area (Å²) in [5.74, 6) is 1.80. The molecule has 3 aromatic rings. The maximum atomic E-state index is 13.7. The molecule has 0 radical (unpaired) electrons. The molecule has 0 amide bonds. The molecule has 1 aliphatic heterocycles. The number of ether oxygens (including phenoxy) is 2. The molecular formula is C16H13FN2O2. The molecule has 106 valence electrons. The van der Waals surface area contributed by atoms with Crippen LogP contribution in [0.25, 0.3) is 22.4 Å². The van der Waals surface area contributed by atoms with Gasteiger partial charge in [0.15, 0.2) is 11.5 Å². The third-order valence-electron chi connectivity index (χ3n) is 3.59. The number of halogens is 1. The fourth-order valence-electron chi connectivity index (χ4n) is 2.42. The lowest BCUT2D eigenvalue weighted by Crippen LogP contribution is -2.15. The Labute approximate surface area is 120 Å². The van der Waals surface area contributed by atoms with Gasteiger partial charge in [0.2, 0.25) is 0 Å². The average molecular weight is 284 g/mol. The molecule has 0 saturated carbocycles. The minimum Gasteiger partial charge on any atom is -0.486 e. The summed E-state index contributed by atoms with van der Waals surface area (Å²) in [5.41, 5.74) is 2.95. The van der Waals surface area contributed by atoms with Gasteiger partial charge in [-0.05, 0) is 18.6 Å². The van der Waals surface area contributed by atoms with Gasteiger partial charge in [0.1, 0.15) is 24.9 Å². The largest absolute Gasteiger partial charge is 0.486 e. The van der Waals surface area contributed by atoms with Gasteiger partial charge < -0.3 is 14.5 Å². The van der Waals surface area contributed by atoms with Gasteiger partial charge in [-0.3, -0.25) is 0 Å². The van der Waals surface area contributed by atoms with Gasteiger partial charge >= 0.3 is 0 Å². The number of aromatic nitrogens is 2. The zero-order valence-electron chi connectivity index (χ0n) is 11.4. The Morgan fingerprint density at radius 1 is 1.10 bits per heavy atom. The van der Waals surface area contributed by atoms with Crippen molar-refractivity contribution in [1.29, 1.82) is 0 Å². The van der Waals surface area contributed by atoms with Crippen molar-refractivity contribution in [3.05, 3.63) is 41.7 Å². The Bertz CT molecular complexity index is 799. The van der Waals surface area contributed by atoms with E-state index < -0.39 is 0 Å². The second-order valence-electron chi connectivity index (χ2n) is 5.06. The highest BCUT2D eigenvalue weighted by atomic mass is 19.1. The van der Waals surface area contributed by atoms with Crippen LogP contribution in [0.5, 0.6) is 11.5 Å². The Morgan fingerprint density at radius 2 is 1.86 bits per heavy atom. The highest BCUT2D eigenvalue weighted by Crippen LogP contribution is 2.34. The third kappa shape index (κ3) is 2.01. The van der Waals surface area contributed by atoms with Crippen molar-refractivity contribution >= 4 is 11.0 Å². The quantitative estimate of drug-likeness (QED) is 0.744. The van der Waals surface area contributed by atoms with E-state index in [2.05, 4.69) is 9.97 Å². The van der Waals surface area contributed by atoms with Crippen molar-refractivity contribution in [3.63, 3.8) is 0 Å². The van der Waals surface area contributed by atoms with Gasteiger partial charge in [-0.1, -0.05) is 12.1 Å². The van der Waals surface area contributed by atoms with Crippen LogP contribution in [0.2, 0.25) is 0 Å². The Kier molecular flexibility index (Phi) is 2.60. The highest BCUT2D eigenvalue weighted by molar-refractivity contribution is 5.83. The van der Waals surface area contributed by atoms with Gasteiger partial charge in [-0.2, -0.15) is 0 Å². The van der Waals surface area contributed by atoms with Gasteiger partial charge in [0.05, 0.1) is 11.0 Å². The zero-order valence-corrected chi connectivity index (χ0v) is 11.4. The summed E-state index contributed by atoms with van der Waals surface area (Å²) in [6.07, 6.45) is 0. The van der Waals surface area contributed by atoms with Crippen LogP contribution in [-0.2, 0) is 0 Å². The third-order valence-corrected chi connectivity index (χ3v) is 3.59. The molecule has 0 saturated heterocycles. The predicted molar refractivity (Wildman–Crippen MR) is 77.2 cm³/mol. The lowest BCUT2D eigenvalue weighted by molar-refractivity contribution is 0.172. The summed E-state index contributed by atoms with van der Waals surface area (Å²) in [5, 5.41) is 0. The minimum absolute atomic E-state index is 0.237. The predicted octanol–water partition coefficient (Wildman–Crippen LogP) is 3.45. The van der Waals surface area contributed by atoms with E-state index in [1.54, 1.807) is 13.0 Å². The lowest BCUT2D eigenvalue weighted by Gasteiger charge is -2.17. The van der Waals surface area contributed by atoms with E-state index in [1.807, 2.05) is 18.2 Å². The topological polar surface area (TPSA) is 47.1 Å². The number of H-pyrrole nitrogens is 1. The molecule has 1 N–H and O–H groups in total. The van der Waals surface area contributed by atoms with Crippen LogP contribution in [-0.4, -0.2) is 23.2 Å². The molecule has 2 heterocycles. The highest BCUT2D eigenvalue weighted by Gasteiger charge is 2.15. The Hall–Kier alpha value is -2.56. The maximum absolute atomic E-state index is 13.7. The van der Waals surface area contributed by atoms with E-state index >= 15 is 0 Å². The van der Waals surface area contributed by atoms with Gasteiger partial charge in [-0.25, -0.2) is 9.37 Å². The Morgan fingerprint density at radius 3 is 2.62 bits per heavy atom. The number of imidazole rings is 1. The summed E-state index contributed by atoms with van der Waals surface area (Å²) in [6.45, 7) is 2.82. The van der Waals surface area contributed by atoms with Crippen molar-refractivity contribution in [1.82, 2.24) is 9.97 Å². The summed E-state index contributed by atoms with van der Waals surface area (Å²) < 4.78 is 24.8. The van der Waals surface area contributed by atoms with Crippen molar-refractivity contribution in [2.24, 2.45) is 0 Å². The van der Waals surface area contributed by atoms with Crippen LogP contribution >= 0.6 is 0 Å². The lowest BCUT2D eigenvalue weighted by atomic mass is 10.1. The molecule has 0 atom stereocenters. The second-order valence-corrected chi connectivity index (χ2v) is 5.06. The molecule has 4 rings (SSSR count). The molecule has 0 unspecified atom stereocenters. The molecule has 0 bridgehead atoms. The smallest absolute Gasteiger partial charge is 0.163 e. The first-order valence-electron chi connectivity index (χ1n) is 6.76. The fourth-order valence-corrected chi connectivity index (χ4v) is 2.42. The molecule has 4 nitrogen and oxygen atoms in total. The van der Waals surface area contributed by atoms with Crippen LogP contribution in [0.3, 0.4) is 0 Å². The van der Waals surface area contributed by atoms with Crippen LogP contribution in [0.4, 0.5) is 4.39 Å². The molecular weight excluding hydrogens is 271 g/mol. The van der Waals surface area contributed by atoms with Crippen LogP contribution in [0.1, 0.15) is 5.56 Å². The normalized spacial score (nSPS) is 13.6. The van der Waals surface area contributed by atoms with Crippen LogP contribution in [0.15, 0.2) is 30.3 Å². The second kappa shape index (κ2) is 4.48. The fraction of sp³-hybridized carbons (Fsp3) is 0.188. The maximum Gasteiger partial charge on any atom is 0.163 e. The molecule has 0 fully saturated rings. The zero-order chi connectivity index (χ0) is 14.4. The van der Waals surface area contributed by atoms with E-state index in [9.17, 15) is 4.39 Å². The molecule has 1 aliphatic rings. The van der Waals surface area contributed by atoms with Gasteiger partial charge in [0, 0.05) is 17.7 Å². The number of nitrogens with one attached hydrogen (secondary N) is 1. The van der Waals surface area contributed by atoms with E-state index in [0.717, 1.165) is 11.0 Å². The van der Waals surface area contributed by atoms with Crippen LogP contribution in [0, 0.1) is 12.7 Å². The average Bonchev–Trinajstić information content (AvgIpc) is 2.90. The summed E-state index contributed by atoms with van der Waals surface area (Å²) in [7, 11) is 0. The molecule has 1 aromatic heterocycles. The van der Waals surface area contributed by atoms with E-state index in [1.165, 1.54) is 6.07 Å². The van der Waals surface area contributed by atoms with Gasteiger partial charge in [-0.15, -0.1) is 0 Å². The van der Waals surface area contributed by atoms with Crippen molar-refractivity contribution < 1.29 is 13.9 Å². The first kappa shape index (κ1) is 12.2. The molecule has 0 spiro atoms. The van der Waals surface area contributed by atoms with Crippen molar-refractivity contribution in [2.75, 3.05) is 13.2 Å². The molecule has 2 aromatic carbocycles. The van der Waals surface area contributed by atoms with E-state index in [-0.39, 0.29) is 5.82 Å². The first-order chi connectivity index (χ1) is 10.2. The van der Waals surface area contributed by atoms with Crippen molar-refractivity contribution in [2.45, 2.75) is 6.92 Å². The number of benzene rings is 2. The molecule has 21 heavy (non-hydrogen) atoms. The van der Waals surface area contributed by atoms with E-state index in [4.69, 9.17) is 9.47 Å². The first-order valence-corrected chi connectivity index (χ1v) is 6.76. The number of hydrogen-bond acceptors (Lipinski definition) is 3. The number of rotatable bonds is 1. The minimum atomic E-state index is -0.237. The number of nitrogens with zero attached hydrogens (tertiary/aromatic N) is 1. The number of aryl methyl sites for hydroxylation is 1. The summed E-state index contributed by atoms with van der Waals surface area (Å²) in [6, 6.07) is 8.79. The monoisotopic (exact) mass is 284 g/mol. The van der Waals surface area contributed by atoms with Gasteiger partial charge in [0.25, 0.3) is 0 Å². The molecule has 0 aliphatic carbocycles. The molecule has 5 heteroatoms.